The number of hydrogen-bond donors (Lipinski definition) is 3. The molecule has 0 bridgehead atoms. The fraction of sp³-hybridized carbons (Fsp3) is 0.889. The zero-order valence-electron chi connectivity index (χ0n) is 17.1. The average Bonchev–Trinajstić information content (AvgIpc) is 2.18. The van der Waals surface area contributed by atoms with Gasteiger partial charge in [0.1, 0.15) is 17.2 Å². The molecule has 7 heteroatoms. The lowest BCUT2D eigenvalue weighted by Crippen LogP contribution is -2.46. The van der Waals surface area contributed by atoms with Gasteiger partial charge >= 0.3 is 11.9 Å². The van der Waals surface area contributed by atoms with Gasteiger partial charge in [0, 0.05) is 23.9 Å². The summed E-state index contributed by atoms with van der Waals surface area (Å²) in [5.74, 6) is -1.21. The molecule has 6 N–H and O–H groups in total. The van der Waals surface area contributed by atoms with Gasteiger partial charge in [-0.1, -0.05) is 0 Å². The van der Waals surface area contributed by atoms with Crippen molar-refractivity contribution in [2.75, 3.05) is 0 Å². The van der Waals surface area contributed by atoms with Gasteiger partial charge in [0.05, 0.1) is 6.42 Å². The van der Waals surface area contributed by atoms with Crippen molar-refractivity contribution >= 4 is 11.9 Å². The van der Waals surface area contributed by atoms with Gasteiger partial charge in [-0.15, -0.1) is 0 Å². The van der Waals surface area contributed by atoms with E-state index in [0.29, 0.717) is 12.8 Å². The highest BCUT2D eigenvalue weighted by atomic mass is 16.6. The van der Waals surface area contributed by atoms with Crippen LogP contribution in [0.5, 0.6) is 0 Å². The predicted molar refractivity (Wildman–Crippen MR) is 98.7 cm³/mol. The number of hydrogen-bond acceptors (Lipinski definition) is 7. The van der Waals surface area contributed by atoms with E-state index in [2.05, 4.69) is 0 Å². The first-order chi connectivity index (χ1) is 10.8. The van der Waals surface area contributed by atoms with E-state index in [4.69, 9.17) is 26.7 Å². The summed E-state index contributed by atoms with van der Waals surface area (Å²) in [6.07, 6.45) is 0.681. The van der Waals surface area contributed by atoms with Gasteiger partial charge in [0.2, 0.25) is 0 Å². The summed E-state index contributed by atoms with van der Waals surface area (Å²) in [7, 11) is 0. The number of esters is 2. The van der Waals surface area contributed by atoms with Crippen LogP contribution in [-0.4, -0.2) is 40.3 Å². The average molecular weight is 360 g/mol. The molecule has 1 atom stereocenters. The number of carbonyl (C=O) groups is 2. The van der Waals surface area contributed by atoms with Crippen LogP contribution in [0, 0.1) is 0 Å². The highest BCUT2D eigenvalue weighted by Gasteiger charge is 2.34. The minimum Gasteiger partial charge on any atom is -0.460 e. The van der Waals surface area contributed by atoms with Crippen LogP contribution in [0.25, 0.3) is 0 Å². The van der Waals surface area contributed by atoms with Crippen molar-refractivity contribution < 1.29 is 19.1 Å². The summed E-state index contributed by atoms with van der Waals surface area (Å²) in [6.45, 7) is 14.5. The number of ether oxygens (including phenoxy) is 2. The van der Waals surface area contributed by atoms with Crippen molar-refractivity contribution in [1.29, 1.82) is 0 Å². The SMILES string of the molecule is CC(C)(N)CC(C)(C)OC(=O)CC(N)C(=O)OC(C)(C)CC(C)(C)N. The Morgan fingerprint density at radius 3 is 1.52 bits per heavy atom. The molecule has 0 aromatic carbocycles. The van der Waals surface area contributed by atoms with E-state index in [9.17, 15) is 9.59 Å². The van der Waals surface area contributed by atoms with Crippen molar-refractivity contribution in [1.82, 2.24) is 0 Å². The highest BCUT2D eigenvalue weighted by molar-refractivity contribution is 5.82. The Morgan fingerprint density at radius 2 is 1.16 bits per heavy atom. The molecule has 7 nitrogen and oxygen atoms in total. The van der Waals surface area contributed by atoms with Gasteiger partial charge in [-0.2, -0.15) is 0 Å². The van der Waals surface area contributed by atoms with Crippen LogP contribution in [0.1, 0.15) is 74.7 Å². The first-order valence-electron chi connectivity index (χ1n) is 8.60. The Balaban J connectivity index is 4.64. The molecule has 0 amide bonds. The summed E-state index contributed by atoms with van der Waals surface area (Å²) in [5, 5.41) is 0. The Kier molecular flexibility index (Phi) is 7.64. The maximum Gasteiger partial charge on any atom is 0.324 e. The molecular weight excluding hydrogens is 322 g/mol. The molecular formula is C18H37N3O4. The summed E-state index contributed by atoms with van der Waals surface area (Å²) in [5.41, 5.74) is 15.2. The monoisotopic (exact) mass is 359 g/mol. The molecule has 0 fully saturated rings. The van der Waals surface area contributed by atoms with Gasteiger partial charge in [0.15, 0.2) is 0 Å². The van der Waals surface area contributed by atoms with Crippen molar-refractivity contribution in [3.8, 4) is 0 Å². The van der Waals surface area contributed by atoms with Crippen molar-refractivity contribution in [2.24, 2.45) is 17.2 Å². The third-order valence-corrected chi connectivity index (χ3v) is 3.22. The third-order valence-electron chi connectivity index (χ3n) is 3.22. The van der Waals surface area contributed by atoms with Crippen LogP contribution < -0.4 is 17.2 Å². The van der Waals surface area contributed by atoms with Gasteiger partial charge < -0.3 is 26.7 Å². The molecule has 25 heavy (non-hydrogen) atoms. The molecule has 0 aliphatic carbocycles. The molecule has 0 aromatic rings. The molecule has 0 aliphatic rings. The molecule has 148 valence electrons. The second-order valence-electron chi connectivity index (χ2n) is 9.56. The number of carbonyl (C=O) groups excluding carboxylic acids is 2. The van der Waals surface area contributed by atoms with E-state index in [1.807, 2.05) is 27.7 Å². The summed E-state index contributed by atoms with van der Waals surface area (Å²) < 4.78 is 10.8. The maximum atomic E-state index is 12.2. The minimum atomic E-state index is -1.09. The lowest BCUT2D eigenvalue weighted by Gasteiger charge is -2.33. The number of nitrogens with two attached hydrogens (primary N) is 3. The van der Waals surface area contributed by atoms with Crippen molar-refractivity contribution in [3.05, 3.63) is 0 Å². The van der Waals surface area contributed by atoms with Crippen molar-refractivity contribution in [2.45, 2.75) is 103 Å². The van der Waals surface area contributed by atoms with Crippen LogP contribution in [0.4, 0.5) is 0 Å². The summed E-state index contributed by atoms with van der Waals surface area (Å²) in [4.78, 5) is 24.2. The molecule has 0 saturated heterocycles. The first kappa shape index (κ1) is 23.8. The van der Waals surface area contributed by atoms with Crippen LogP contribution in [0.2, 0.25) is 0 Å². The lowest BCUT2D eigenvalue weighted by atomic mass is 9.90. The van der Waals surface area contributed by atoms with Crippen molar-refractivity contribution in [3.63, 3.8) is 0 Å². The zero-order valence-corrected chi connectivity index (χ0v) is 17.1. The Hall–Kier alpha value is -1.18. The van der Waals surface area contributed by atoms with Gasteiger partial charge in [0.25, 0.3) is 0 Å². The standard InChI is InChI=1S/C18H37N3O4/c1-15(2,20)10-17(5,6)24-13(22)9-12(19)14(23)25-18(7,8)11-16(3,4)21/h12H,9-11,19-21H2,1-8H3. The van der Waals surface area contributed by atoms with E-state index in [1.54, 1.807) is 27.7 Å². The van der Waals surface area contributed by atoms with Gasteiger partial charge in [-0.25, -0.2) is 0 Å². The molecule has 0 aromatic heterocycles. The Labute approximate surface area is 152 Å². The molecule has 0 heterocycles. The molecule has 1 unspecified atom stereocenters. The van der Waals surface area contributed by atoms with Crippen LogP contribution in [-0.2, 0) is 19.1 Å². The van der Waals surface area contributed by atoms with E-state index >= 15 is 0 Å². The third kappa shape index (κ3) is 11.9. The largest absolute Gasteiger partial charge is 0.460 e. The minimum absolute atomic E-state index is 0.255. The van der Waals surface area contributed by atoms with E-state index in [-0.39, 0.29) is 6.42 Å². The predicted octanol–water partition coefficient (Wildman–Crippen LogP) is 1.60. The topological polar surface area (TPSA) is 131 Å². The Bertz CT molecular complexity index is 474. The fourth-order valence-electron chi connectivity index (χ4n) is 3.23. The summed E-state index contributed by atoms with van der Waals surface area (Å²) in [6, 6.07) is -1.09. The first-order valence-corrected chi connectivity index (χ1v) is 8.60. The van der Waals surface area contributed by atoms with E-state index in [1.165, 1.54) is 0 Å². The fourth-order valence-corrected chi connectivity index (χ4v) is 3.23. The quantitative estimate of drug-likeness (QED) is 0.533. The highest BCUT2D eigenvalue weighted by Crippen LogP contribution is 2.24. The van der Waals surface area contributed by atoms with Crippen LogP contribution in [0.3, 0.4) is 0 Å². The second-order valence-corrected chi connectivity index (χ2v) is 9.56. The second kappa shape index (κ2) is 8.01. The van der Waals surface area contributed by atoms with Gasteiger partial charge in [-0.3, -0.25) is 9.59 Å². The smallest absolute Gasteiger partial charge is 0.324 e. The summed E-state index contributed by atoms with van der Waals surface area (Å²) >= 11 is 0. The van der Waals surface area contributed by atoms with E-state index < -0.39 is 40.3 Å². The van der Waals surface area contributed by atoms with Crippen LogP contribution >= 0.6 is 0 Å². The molecule has 0 radical (unpaired) electrons. The lowest BCUT2D eigenvalue weighted by molar-refractivity contribution is -0.167. The van der Waals surface area contributed by atoms with E-state index in [0.717, 1.165) is 0 Å². The van der Waals surface area contributed by atoms with Crippen LogP contribution in [0.15, 0.2) is 0 Å². The number of rotatable bonds is 9. The molecule has 0 rings (SSSR count). The maximum absolute atomic E-state index is 12.2. The Morgan fingerprint density at radius 1 is 0.800 bits per heavy atom. The molecule has 0 aliphatic heterocycles. The van der Waals surface area contributed by atoms with Gasteiger partial charge in [-0.05, 0) is 55.4 Å². The zero-order chi connectivity index (χ0) is 20.3. The molecule has 0 saturated carbocycles. The molecule has 0 spiro atoms. The normalized spacial score (nSPS) is 14.8.